The largest absolute Gasteiger partial charge is 0.545 e. The number of rotatable bonds is 4. The lowest BCUT2D eigenvalue weighted by molar-refractivity contribution is -0.301. The molecule has 2 heterocycles. The topological polar surface area (TPSA) is 108 Å². The molecule has 0 unspecified atom stereocenters. The molecule has 1 fully saturated rings. The smallest absolute Gasteiger partial charge is 0.0643 e. The molecule has 0 radical (unpaired) electrons. The summed E-state index contributed by atoms with van der Waals surface area (Å²) in [5, 5.41) is 24.4. The molecule has 1 aliphatic heterocycles. The summed E-state index contributed by atoms with van der Waals surface area (Å²) in [6.45, 7) is 2.32. The second-order valence-electron chi connectivity index (χ2n) is 5.87. The number of benzene rings is 1. The van der Waals surface area contributed by atoms with Crippen molar-refractivity contribution in [1.82, 2.24) is 10.3 Å². The summed E-state index contributed by atoms with van der Waals surface area (Å²) in [5.41, 5.74) is 2.60. The number of carboxylic acids is 2. The van der Waals surface area contributed by atoms with E-state index >= 15 is 0 Å². The Morgan fingerprint density at radius 1 is 1.16 bits per heavy atom. The predicted octanol–water partition coefficient (Wildman–Crippen LogP) is 0.406. The van der Waals surface area contributed by atoms with Gasteiger partial charge in [0.15, 0.2) is 0 Å². The number of H-pyrrole nitrogens is 1. The van der Waals surface area contributed by atoms with Crippen molar-refractivity contribution in [3.8, 4) is 0 Å². The van der Waals surface area contributed by atoms with Crippen molar-refractivity contribution in [3.05, 3.63) is 47.1 Å². The standard InChI is InChI=1S/C14H17ClN2.C4H4O4/c15-12-1-2-14-13(8-12)11(9-17-14)7-10-3-5-16-6-4-10;5-3(6)1-2-4(7)8/h1-2,8-10,16-17H,3-7H2;1-2H,(H,5,6)(H,7,8)/p-2/b;2-1+. The Balaban J connectivity index is 0.000000242. The van der Waals surface area contributed by atoms with Crippen LogP contribution in [0, 0.1) is 5.92 Å². The molecule has 0 saturated carbocycles. The maximum atomic E-state index is 9.41. The average Bonchev–Trinajstić information content (AvgIpc) is 2.97. The van der Waals surface area contributed by atoms with E-state index in [1.165, 1.54) is 35.7 Å². The molecule has 134 valence electrons. The zero-order chi connectivity index (χ0) is 18.2. The summed E-state index contributed by atoms with van der Waals surface area (Å²) < 4.78 is 0. The van der Waals surface area contributed by atoms with Crippen LogP contribution in [0.5, 0.6) is 0 Å². The maximum Gasteiger partial charge on any atom is 0.0643 e. The van der Waals surface area contributed by atoms with Crippen LogP contribution in [-0.4, -0.2) is 30.0 Å². The number of carbonyl (C=O) groups excluding carboxylic acids is 2. The predicted molar refractivity (Wildman–Crippen MR) is 91.8 cm³/mol. The first-order chi connectivity index (χ1) is 12.0. The minimum Gasteiger partial charge on any atom is -0.545 e. The number of hydrogen-bond donors (Lipinski definition) is 2. The van der Waals surface area contributed by atoms with E-state index in [1.807, 2.05) is 6.07 Å². The van der Waals surface area contributed by atoms with Gasteiger partial charge in [0.1, 0.15) is 0 Å². The number of nitrogens with one attached hydrogen (secondary N) is 2. The van der Waals surface area contributed by atoms with Crippen LogP contribution in [0.2, 0.25) is 5.02 Å². The minimum absolute atomic E-state index is 0.384. The lowest BCUT2D eigenvalue weighted by Crippen LogP contribution is -2.28. The van der Waals surface area contributed by atoms with E-state index in [4.69, 9.17) is 11.6 Å². The summed E-state index contributed by atoms with van der Waals surface area (Å²) in [4.78, 5) is 22.2. The van der Waals surface area contributed by atoms with E-state index in [9.17, 15) is 19.8 Å². The van der Waals surface area contributed by atoms with Gasteiger partial charge in [-0.25, -0.2) is 0 Å². The fourth-order valence-corrected chi connectivity index (χ4v) is 3.02. The second kappa shape index (κ2) is 9.25. The van der Waals surface area contributed by atoms with Crippen LogP contribution in [0.1, 0.15) is 18.4 Å². The summed E-state index contributed by atoms with van der Waals surface area (Å²) in [6, 6.07) is 6.07. The Bertz CT molecular complexity index is 748. The van der Waals surface area contributed by atoms with Gasteiger partial charge in [-0.1, -0.05) is 11.6 Å². The summed E-state index contributed by atoms with van der Waals surface area (Å²) in [7, 11) is 0. The Morgan fingerprint density at radius 2 is 1.80 bits per heavy atom. The van der Waals surface area contributed by atoms with Crippen LogP contribution in [0.15, 0.2) is 36.5 Å². The third-order valence-electron chi connectivity index (χ3n) is 4.05. The van der Waals surface area contributed by atoms with Crippen molar-refractivity contribution in [1.29, 1.82) is 0 Å². The quantitative estimate of drug-likeness (QED) is 0.766. The highest BCUT2D eigenvalue weighted by atomic mass is 35.5. The van der Waals surface area contributed by atoms with Crippen molar-refractivity contribution in [2.24, 2.45) is 5.92 Å². The zero-order valence-corrected chi connectivity index (χ0v) is 14.3. The molecule has 0 atom stereocenters. The molecular weight excluding hydrogens is 344 g/mol. The molecule has 1 saturated heterocycles. The Labute approximate surface area is 150 Å². The van der Waals surface area contributed by atoms with Gasteiger partial charge in [-0.05, 0) is 74.2 Å². The lowest BCUT2D eigenvalue weighted by Gasteiger charge is -2.22. The Kier molecular flexibility index (Phi) is 7.03. The fourth-order valence-electron chi connectivity index (χ4n) is 2.85. The van der Waals surface area contributed by atoms with Crippen LogP contribution >= 0.6 is 11.6 Å². The highest BCUT2D eigenvalue weighted by Gasteiger charge is 2.15. The number of aliphatic carboxylic acids is 2. The maximum absolute atomic E-state index is 9.41. The number of hydrogen-bond acceptors (Lipinski definition) is 5. The van der Waals surface area contributed by atoms with Gasteiger partial charge >= 0.3 is 0 Å². The third-order valence-corrected chi connectivity index (χ3v) is 4.29. The molecule has 1 aromatic heterocycles. The highest BCUT2D eigenvalue weighted by Crippen LogP contribution is 2.26. The average molecular weight is 363 g/mol. The number of aromatic amines is 1. The van der Waals surface area contributed by atoms with Crippen LogP contribution in [0.3, 0.4) is 0 Å². The molecule has 0 bridgehead atoms. The van der Waals surface area contributed by atoms with Gasteiger partial charge in [0.2, 0.25) is 0 Å². The van der Waals surface area contributed by atoms with E-state index in [-0.39, 0.29) is 0 Å². The molecule has 1 aromatic carbocycles. The van der Waals surface area contributed by atoms with Gasteiger partial charge in [-0.15, -0.1) is 0 Å². The molecule has 7 heteroatoms. The minimum atomic E-state index is -1.55. The number of carbonyl (C=O) groups is 2. The second-order valence-corrected chi connectivity index (χ2v) is 6.31. The van der Waals surface area contributed by atoms with Crippen molar-refractivity contribution in [2.45, 2.75) is 19.3 Å². The number of fused-ring (bicyclic) bond motifs is 1. The van der Waals surface area contributed by atoms with Crippen molar-refractivity contribution < 1.29 is 19.8 Å². The van der Waals surface area contributed by atoms with Crippen LogP contribution in [-0.2, 0) is 16.0 Å². The van der Waals surface area contributed by atoms with Gasteiger partial charge in [-0.3, -0.25) is 0 Å². The van der Waals surface area contributed by atoms with Crippen molar-refractivity contribution >= 4 is 34.4 Å². The number of carboxylic acid groups (broad SMARTS) is 2. The monoisotopic (exact) mass is 362 g/mol. The van der Waals surface area contributed by atoms with E-state index < -0.39 is 11.9 Å². The lowest BCUT2D eigenvalue weighted by atomic mass is 9.91. The number of piperidine rings is 1. The van der Waals surface area contributed by atoms with Gasteiger partial charge in [0.05, 0.1) is 11.9 Å². The van der Waals surface area contributed by atoms with Crippen LogP contribution < -0.4 is 15.5 Å². The molecule has 0 amide bonds. The molecule has 0 aliphatic carbocycles. The molecule has 2 aromatic rings. The van der Waals surface area contributed by atoms with Crippen LogP contribution in [0.25, 0.3) is 10.9 Å². The van der Waals surface area contributed by atoms with Gasteiger partial charge in [0, 0.05) is 22.1 Å². The van der Waals surface area contributed by atoms with E-state index in [2.05, 4.69) is 28.6 Å². The first kappa shape index (κ1) is 19.0. The normalized spacial score (nSPS) is 15.1. The van der Waals surface area contributed by atoms with Crippen molar-refractivity contribution in [2.75, 3.05) is 13.1 Å². The third kappa shape index (κ3) is 6.25. The number of halogens is 1. The molecule has 0 spiro atoms. The Hall–Kier alpha value is -2.31. The molecule has 25 heavy (non-hydrogen) atoms. The van der Waals surface area contributed by atoms with Gasteiger partial charge < -0.3 is 30.1 Å². The first-order valence-corrected chi connectivity index (χ1v) is 8.39. The van der Waals surface area contributed by atoms with E-state index in [1.54, 1.807) is 0 Å². The molecule has 2 N–H and O–H groups in total. The highest BCUT2D eigenvalue weighted by molar-refractivity contribution is 6.31. The van der Waals surface area contributed by atoms with Crippen molar-refractivity contribution in [3.63, 3.8) is 0 Å². The van der Waals surface area contributed by atoms with Gasteiger partial charge in [-0.2, -0.15) is 0 Å². The molecular formula is C18H19ClN2O4-2. The Morgan fingerprint density at radius 3 is 2.40 bits per heavy atom. The summed E-state index contributed by atoms with van der Waals surface area (Å²) in [6.07, 6.45) is 6.65. The zero-order valence-electron chi connectivity index (χ0n) is 13.6. The molecule has 1 aliphatic rings. The van der Waals surface area contributed by atoms with E-state index in [0.717, 1.165) is 24.0 Å². The van der Waals surface area contributed by atoms with Crippen LogP contribution in [0.4, 0.5) is 0 Å². The summed E-state index contributed by atoms with van der Waals surface area (Å²) >= 11 is 6.07. The molecule has 3 rings (SSSR count). The molecule has 6 nitrogen and oxygen atoms in total. The SMILES string of the molecule is Clc1ccc2[nH]cc(CC3CCNCC3)c2c1.O=C([O-])/C=C/C(=O)[O-]. The first-order valence-electron chi connectivity index (χ1n) is 8.02. The fraction of sp³-hybridized carbons (Fsp3) is 0.333. The number of aromatic nitrogens is 1. The van der Waals surface area contributed by atoms with E-state index in [0.29, 0.717) is 12.2 Å². The summed E-state index contributed by atoms with van der Waals surface area (Å²) in [5.74, 6) is -2.28. The van der Waals surface area contributed by atoms with Gasteiger partial charge in [0.25, 0.3) is 0 Å².